The molecule has 1 atom stereocenters. The lowest BCUT2D eigenvalue weighted by molar-refractivity contribution is 0.329. The number of hydrogen-bond donors (Lipinski definition) is 0. The van der Waals surface area contributed by atoms with E-state index in [2.05, 4.69) is 29.9 Å². The maximum absolute atomic E-state index is 5.93. The van der Waals surface area contributed by atoms with Gasteiger partial charge in [0.25, 0.3) is 0 Å². The molecule has 1 aromatic rings. The molecular formula is C12H15ClN2. The average Bonchev–Trinajstić information content (AvgIpc) is 2.16. The summed E-state index contributed by atoms with van der Waals surface area (Å²) in [6.07, 6.45) is 5.86. The van der Waals surface area contributed by atoms with E-state index in [9.17, 15) is 0 Å². The zero-order valence-electron chi connectivity index (χ0n) is 9.07. The molecule has 15 heavy (non-hydrogen) atoms. The number of hydrogen-bond acceptors (Lipinski definition) is 2. The van der Waals surface area contributed by atoms with Crippen LogP contribution in [0.25, 0.3) is 5.57 Å². The van der Waals surface area contributed by atoms with Crippen molar-refractivity contribution in [3.05, 3.63) is 35.1 Å². The van der Waals surface area contributed by atoms with Crippen LogP contribution in [-0.2, 0) is 0 Å². The largest absolute Gasteiger partial charge is 0.302 e. The molecule has 0 saturated heterocycles. The van der Waals surface area contributed by atoms with Crippen LogP contribution in [-0.4, -0.2) is 30.0 Å². The molecule has 1 aliphatic heterocycles. The van der Waals surface area contributed by atoms with E-state index >= 15 is 0 Å². The maximum atomic E-state index is 5.93. The quantitative estimate of drug-likeness (QED) is 0.727. The number of likely N-dealkylation sites (N-methyl/N-ethyl adjacent to an activating group) is 1. The molecule has 0 aliphatic carbocycles. The van der Waals surface area contributed by atoms with Gasteiger partial charge in [-0.25, -0.2) is 0 Å². The molecule has 3 heteroatoms. The summed E-state index contributed by atoms with van der Waals surface area (Å²) in [6, 6.07) is 1.98. The second-order valence-electron chi connectivity index (χ2n) is 4.26. The van der Waals surface area contributed by atoms with Crippen molar-refractivity contribution in [3.63, 3.8) is 0 Å². The van der Waals surface area contributed by atoms with Crippen molar-refractivity contribution >= 4 is 17.2 Å². The van der Waals surface area contributed by atoms with Gasteiger partial charge in [-0.05, 0) is 30.2 Å². The molecule has 0 aromatic carbocycles. The molecule has 0 radical (unpaired) electrons. The molecule has 0 unspecified atom stereocenters. The molecule has 0 saturated carbocycles. The predicted octanol–water partition coefficient (Wildman–Crippen LogP) is 2.70. The van der Waals surface area contributed by atoms with Crippen molar-refractivity contribution < 1.29 is 0 Å². The molecule has 1 aliphatic rings. The third kappa shape index (κ3) is 2.58. The number of pyridine rings is 1. The van der Waals surface area contributed by atoms with Crippen LogP contribution in [0.5, 0.6) is 0 Å². The number of aromatic nitrogens is 1. The molecule has 0 fully saturated rings. The molecule has 1 aromatic heterocycles. The van der Waals surface area contributed by atoms with E-state index in [1.165, 1.54) is 5.57 Å². The maximum Gasteiger partial charge on any atom is 0.0595 e. The molecule has 0 N–H and O–H groups in total. The molecule has 0 bridgehead atoms. The van der Waals surface area contributed by atoms with Crippen LogP contribution in [0, 0.1) is 5.92 Å². The Morgan fingerprint density at radius 2 is 2.27 bits per heavy atom. The first kappa shape index (κ1) is 10.7. The van der Waals surface area contributed by atoms with Gasteiger partial charge in [0.05, 0.1) is 5.02 Å². The first-order valence-corrected chi connectivity index (χ1v) is 5.53. The van der Waals surface area contributed by atoms with Gasteiger partial charge in [-0.1, -0.05) is 24.6 Å². The number of nitrogens with zero attached hydrogens (tertiary/aromatic N) is 2. The lowest BCUT2D eigenvalue weighted by atomic mass is 9.97. The van der Waals surface area contributed by atoms with Gasteiger partial charge in [-0.15, -0.1) is 0 Å². The van der Waals surface area contributed by atoms with Crippen molar-refractivity contribution in [1.29, 1.82) is 0 Å². The van der Waals surface area contributed by atoms with Crippen molar-refractivity contribution in [1.82, 2.24) is 9.88 Å². The second kappa shape index (κ2) is 4.33. The summed E-state index contributed by atoms with van der Waals surface area (Å²) < 4.78 is 0. The monoisotopic (exact) mass is 222 g/mol. The van der Waals surface area contributed by atoms with Crippen LogP contribution in [0.1, 0.15) is 12.5 Å². The van der Waals surface area contributed by atoms with E-state index in [0.717, 1.165) is 18.7 Å². The highest BCUT2D eigenvalue weighted by atomic mass is 35.5. The van der Waals surface area contributed by atoms with Crippen LogP contribution < -0.4 is 0 Å². The molecule has 2 nitrogen and oxygen atoms in total. The fourth-order valence-corrected chi connectivity index (χ4v) is 2.24. The summed E-state index contributed by atoms with van der Waals surface area (Å²) in [5.74, 6) is 0.595. The fraction of sp³-hybridized carbons (Fsp3) is 0.417. The van der Waals surface area contributed by atoms with Crippen molar-refractivity contribution in [2.75, 3.05) is 20.1 Å². The fourth-order valence-electron chi connectivity index (χ4n) is 2.07. The molecule has 0 spiro atoms. The number of rotatable bonds is 1. The Bertz CT molecular complexity index is 387. The Balaban J connectivity index is 2.30. The van der Waals surface area contributed by atoms with Crippen LogP contribution in [0.4, 0.5) is 0 Å². The molecular weight excluding hydrogens is 208 g/mol. The van der Waals surface area contributed by atoms with E-state index in [1.807, 2.05) is 12.3 Å². The Labute approximate surface area is 95.6 Å². The van der Waals surface area contributed by atoms with Gasteiger partial charge in [0.1, 0.15) is 0 Å². The summed E-state index contributed by atoms with van der Waals surface area (Å²) >= 11 is 5.93. The van der Waals surface area contributed by atoms with Gasteiger partial charge in [0.15, 0.2) is 0 Å². The molecule has 2 rings (SSSR count). The highest BCUT2D eigenvalue weighted by Crippen LogP contribution is 2.23. The summed E-state index contributed by atoms with van der Waals surface area (Å²) in [5, 5.41) is 0.703. The smallest absolute Gasteiger partial charge is 0.0595 e. The highest BCUT2D eigenvalue weighted by molar-refractivity contribution is 6.30. The van der Waals surface area contributed by atoms with Crippen molar-refractivity contribution in [3.8, 4) is 0 Å². The van der Waals surface area contributed by atoms with E-state index < -0.39 is 0 Å². The average molecular weight is 223 g/mol. The minimum atomic E-state index is 0.595. The van der Waals surface area contributed by atoms with Gasteiger partial charge in [0, 0.05) is 25.5 Å². The van der Waals surface area contributed by atoms with E-state index in [1.54, 1.807) is 6.20 Å². The Kier molecular flexibility index (Phi) is 3.08. The third-order valence-corrected chi connectivity index (χ3v) is 2.81. The zero-order chi connectivity index (χ0) is 10.8. The van der Waals surface area contributed by atoms with Crippen LogP contribution in [0.2, 0.25) is 5.02 Å². The lowest BCUT2D eigenvalue weighted by Crippen LogP contribution is -2.29. The SMILES string of the molecule is C[C@@H]1C=C(c2cncc(Cl)c2)CN(C)C1. The first-order valence-electron chi connectivity index (χ1n) is 5.15. The number of halogens is 1. The van der Waals surface area contributed by atoms with Gasteiger partial charge in [-0.3, -0.25) is 4.98 Å². The topological polar surface area (TPSA) is 16.1 Å². The van der Waals surface area contributed by atoms with Crippen molar-refractivity contribution in [2.24, 2.45) is 5.92 Å². The molecule has 80 valence electrons. The standard InChI is InChI=1S/C12H15ClN2/c1-9-3-11(8-15(2)7-9)10-4-12(13)6-14-5-10/h3-6,9H,7-8H2,1-2H3/t9-/m1/s1. The second-order valence-corrected chi connectivity index (χ2v) is 4.69. The summed E-state index contributed by atoms with van der Waals surface area (Å²) in [7, 11) is 2.14. The van der Waals surface area contributed by atoms with Crippen LogP contribution in [0.15, 0.2) is 24.5 Å². The summed E-state index contributed by atoms with van der Waals surface area (Å²) in [4.78, 5) is 6.44. The molecule has 2 heterocycles. The lowest BCUT2D eigenvalue weighted by Gasteiger charge is -2.27. The minimum Gasteiger partial charge on any atom is -0.302 e. The zero-order valence-corrected chi connectivity index (χ0v) is 9.83. The Morgan fingerprint density at radius 3 is 2.93 bits per heavy atom. The van der Waals surface area contributed by atoms with Crippen LogP contribution >= 0.6 is 11.6 Å². The summed E-state index contributed by atoms with van der Waals surface area (Å²) in [6.45, 7) is 4.33. The minimum absolute atomic E-state index is 0.595. The van der Waals surface area contributed by atoms with E-state index in [0.29, 0.717) is 10.9 Å². The highest BCUT2D eigenvalue weighted by Gasteiger charge is 2.15. The Morgan fingerprint density at radius 1 is 1.47 bits per heavy atom. The normalized spacial score (nSPS) is 22.6. The van der Waals surface area contributed by atoms with Crippen LogP contribution in [0.3, 0.4) is 0 Å². The van der Waals surface area contributed by atoms with Gasteiger partial charge < -0.3 is 4.90 Å². The van der Waals surface area contributed by atoms with Crippen molar-refractivity contribution in [2.45, 2.75) is 6.92 Å². The van der Waals surface area contributed by atoms with Gasteiger partial charge in [0.2, 0.25) is 0 Å². The third-order valence-electron chi connectivity index (χ3n) is 2.60. The Hall–Kier alpha value is -0.860. The van der Waals surface area contributed by atoms with E-state index in [-0.39, 0.29) is 0 Å². The van der Waals surface area contributed by atoms with Gasteiger partial charge in [-0.2, -0.15) is 0 Å². The first-order chi connectivity index (χ1) is 7.15. The van der Waals surface area contributed by atoms with Gasteiger partial charge >= 0.3 is 0 Å². The molecule has 0 amide bonds. The van der Waals surface area contributed by atoms with E-state index in [4.69, 9.17) is 11.6 Å². The predicted molar refractivity (Wildman–Crippen MR) is 63.9 cm³/mol. The summed E-state index contributed by atoms with van der Waals surface area (Å²) in [5.41, 5.74) is 2.46.